The van der Waals surface area contributed by atoms with Gasteiger partial charge in [0.2, 0.25) is 17.7 Å². The van der Waals surface area contributed by atoms with Gasteiger partial charge in [0.05, 0.1) is 12.6 Å². The molecule has 1 saturated carbocycles. The summed E-state index contributed by atoms with van der Waals surface area (Å²) in [7, 11) is 0. The SMILES string of the molecule is Cc1cc(NC(=O)CCC(=O)N(CC(=O)NC2CCCC2)CC2CCCO2)no1. The molecule has 2 aliphatic rings. The molecular weight excluding hydrogens is 376 g/mol. The van der Waals surface area contributed by atoms with E-state index in [1.165, 1.54) is 4.90 Å². The maximum atomic E-state index is 12.7. The average molecular weight is 406 g/mol. The van der Waals surface area contributed by atoms with Crippen LogP contribution in [0, 0.1) is 6.92 Å². The third-order valence-electron chi connectivity index (χ3n) is 5.32. The predicted octanol–water partition coefficient (Wildman–Crippen LogP) is 1.77. The molecule has 1 aliphatic carbocycles. The van der Waals surface area contributed by atoms with Crippen LogP contribution >= 0.6 is 0 Å². The summed E-state index contributed by atoms with van der Waals surface area (Å²) in [5.41, 5.74) is 0. The number of carbonyl (C=O) groups is 3. The van der Waals surface area contributed by atoms with E-state index >= 15 is 0 Å². The number of ether oxygens (including phenoxy) is 1. The Balaban J connectivity index is 1.49. The van der Waals surface area contributed by atoms with Gasteiger partial charge in [-0.3, -0.25) is 14.4 Å². The van der Waals surface area contributed by atoms with Crippen molar-refractivity contribution in [3.05, 3.63) is 11.8 Å². The van der Waals surface area contributed by atoms with E-state index in [9.17, 15) is 14.4 Å². The molecule has 2 N–H and O–H groups in total. The molecule has 2 heterocycles. The fourth-order valence-corrected chi connectivity index (χ4v) is 3.81. The van der Waals surface area contributed by atoms with Gasteiger partial charge in [-0.1, -0.05) is 18.0 Å². The van der Waals surface area contributed by atoms with Crippen LogP contribution in [0.4, 0.5) is 5.82 Å². The quantitative estimate of drug-likeness (QED) is 0.646. The molecule has 3 amide bonds. The Bertz CT molecular complexity index is 707. The average Bonchev–Trinajstić information content (AvgIpc) is 3.43. The number of hydrogen-bond acceptors (Lipinski definition) is 6. The van der Waals surface area contributed by atoms with E-state index in [4.69, 9.17) is 9.26 Å². The summed E-state index contributed by atoms with van der Waals surface area (Å²) in [5, 5.41) is 9.32. The first-order chi connectivity index (χ1) is 14.0. The van der Waals surface area contributed by atoms with Gasteiger partial charge in [0.25, 0.3) is 0 Å². The normalized spacial score (nSPS) is 19.3. The molecule has 2 fully saturated rings. The number of rotatable bonds is 9. The molecule has 9 heteroatoms. The summed E-state index contributed by atoms with van der Waals surface area (Å²) in [5.74, 6) is 0.220. The van der Waals surface area contributed by atoms with E-state index in [1.54, 1.807) is 13.0 Å². The van der Waals surface area contributed by atoms with Gasteiger partial charge in [-0.15, -0.1) is 0 Å². The van der Waals surface area contributed by atoms with Crippen LogP contribution in [0.15, 0.2) is 10.6 Å². The maximum Gasteiger partial charge on any atom is 0.239 e. The second-order valence-electron chi connectivity index (χ2n) is 7.83. The van der Waals surface area contributed by atoms with Crippen molar-refractivity contribution >= 4 is 23.5 Å². The lowest BCUT2D eigenvalue weighted by Crippen LogP contribution is -2.46. The first kappa shape index (κ1) is 21.3. The Morgan fingerprint density at radius 3 is 2.59 bits per heavy atom. The maximum absolute atomic E-state index is 12.7. The number of nitrogens with one attached hydrogen (secondary N) is 2. The van der Waals surface area contributed by atoms with Gasteiger partial charge in [0.1, 0.15) is 5.76 Å². The molecule has 1 aromatic rings. The van der Waals surface area contributed by atoms with Gasteiger partial charge in [-0.05, 0) is 32.6 Å². The number of anilines is 1. The molecule has 3 rings (SSSR count). The van der Waals surface area contributed by atoms with Crippen molar-refractivity contribution in [2.24, 2.45) is 0 Å². The molecule has 1 aliphatic heterocycles. The summed E-state index contributed by atoms with van der Waals surface area (Å²) < 4.78 is 10.5. The first-order valence-electron chi connectivity index (χ1n) is 10.4. The highest BCUT2D eigenvalue weighted by Crippen LogP contribution is 2.18. The van der Waals surface area contributed by atoms with E-state index < -0.39 is 0 Å². The van der Waals surface area contributed by atoms with Crippen LogP contribution in [0.2, 0.25) is 0 Å². The van der Waals surface area contributed by atoms with Crippen molar-refractivity contribution in [3.63, 3.8) is 0 Å². The minimum Gasteiger partial charge on any atom is -0.376 e. The molecule has 1 saturated heterocycles. The Morgan fingerprint density at radius 1 is 1.14 bits per heavy atom. The second kappa shape index (κ2) is 10.4. The van der Waals surface area contributed by atoms with Crippen LogP contribution in [0.25, 0.3) is 0 Å². The molecule has 1 atom stereocenters. The summed E-state index contributed by atoms with van der Waals surface area (Å²) in [4.78, 5) is 38.8. The third-order valence-corrected chi connectivity index (χ3v) is 5.32. The fraction of sp³-hybridized carbons (Fsp3) is 0.700. The summed E-state index contributed by atoms with van der Waals surface area (Å²) in [6, 6.07) is 1.82. The monoisotopic (exact) mass is 406 g/mol. The number of carbonyl (C=O) groups excluding carboxylic acids is 3. The topological polar surface area (TPSA) is 114 Å². The van der Waals surface area contributed by atoms with E-state index in [0.29, 0.717) is 24.7 Å². The predicted molar refractivity (Wildman–Crippen MR) is 105 cm³/mol. The van der Waals surface area contributed by atoms with E-state index in [2.05, 4.69) is 15.8 Å². The minimum absolute atomic E-state index is 0.000701. The molecule has 29 heavy (non-hydrogen) atoms. The lowest BCUT2D eigenvalue weighted by atomic mass is 10.2. The smallest absolute Gasteiger partial charge is 0.239 e. The zero-order valence-electron chi connectivity index (χ0n) is 16.9. The zero-order chi connectivity index (χ0) is 20.6. The van der Waals surface area contributed by atoms with Crippen LogP contribution in [-0.4, -0.2) is 59.6 Å². The molecular formula is C20H30N4O5. The zero-order valence-corrected chi connectivity index (χ0v) is 16.9. The number of aromatic nitrogens is 1. The van der Waals surface area contributed by atoms with Crippen molar-refractivity contribution in [1.82, 2.24) is 15.4 Å². The Labute approximate surface area is 170 Å². The number of aryl methyl sites for hydroxylation is 1. The van der Waals surface area contributed by atoms with Gasteiger partial charge in [-0.25, -0.2) is 0 Å². The van der Waals surface area contributed by atoms with Crippen LogP contribution in [0.1, 0.15) is 57.1 Å². The van der Waals surface area contributed by atoms with Crippen molar-refractivity contribution in [2.45, 2.75) is 70.4 Å². The van der Waals surface area contributed by atoms with Gasteiger partial charge in [-0.2, -0.15) is 0 Å². The van der Waals surface area contributed by atoms with Crippen LogP contribution < -0.4 is 10.6 Å². The Kier molecular flexibility index (Phi) is 7.62. The van der Waals surface area contributed by atoms with Crippen molar-refractivity contribution < 1.29 is 23.6 Å². The van der Waals surface area contributed by atoms with Crippen LogP contribution in [0.3, 0.4) is 0 Å². The second-order valence-corrected chi connectivity index (χ2v) is 7.83. The number of hydrogen-bond donors (Lipinski definition) is 2. The van der Waals surface area contributed by atoms with E-state index in [-0.39, 0.29) is 49.3 Å². The molecule has 1 unspecified atom stereocenters. The third kappa shape index (κ3) is 6.85. The molecule has 0 bridgehead atoms. The van der Waals surface area contributed by atoms with Gasteiger partial charge < -0.3 is 24.8 Å². The molecule has 0 spiro atoms. The highest BCUT2D eigenvalue weighted by atomic mass is 16.5. The lowest BCUT2D eigenvalue weighted by molar-refractivity contribution is -0.138. The molecule has 1 aromatic heterocycles. The molecule has 0 aromatic carbocycles. The summed E-state index contributed by atoms with van der Waals surface area (Å²) in [6.07, 6.45) is 6.06. The highest BCUT2D eigenvalue weighted by molar-refractivity contribution is 5.93. The Hall–Kier alpha value is -2.42. The van der Waals surface area contributed by atoms with Gasteiger partial charge in [0, 0.05) is 38.1 Å². The number of amides is 3. The van der Waals surface area contributed by atoms with E-state index in [0.717, 1.165) is 38.5 Å². The Morgan fingerprint density at radius 2 is 1.93 bits per heavy atom. The largest absolute Gasteiger partial charge is 0.376 e. The first-order valence-corrected chi connectivity index (χ1v) is 10.4. The standard InChI is InChI=1S/C20H30N4O5/c1-14-11-17(23-29-14)22-18(25)8-9-20(27)24(12-16-7-4-10-28-16)13-19(26)21-15-5-2-3-6-15/h11,15-16H,2-10,12-13H2,1H3,(H,21,26)(H,22,23,25). The summed E-state index contributed by atoms with van der Waals surface area (Å²) in [6.45, 7) is 2.78. The van der Waals surface area contributed by atoms with Crippen molar-refractivity contribution in [1.29, 1.82) is 0 Å². The molecule has 9 nitrogen and oxygen atoms in total. The van der Waals surface area contributed by atoms with Crippen molar-refractivity contribution in [3.8, 4) is 0 Å². The highest BCUT2D eigenvalue weighted by Gasteiger charge is 2.26. The van der Waals surface area contributed by atoms with Crippen molar-refractivity contribution in [2.75, 3.05) is 25.0 Å². The van der Waals surface area contributed by atoms with Gasteiger partial charge >= 0.3 is 0 Å². The summed E-state index contributed by atoms with van der Waals surface area (Å²) >= 11 is 0. The number of nitrogens with zero attached hydrogens (tertiary/aromatic N) is 2. The molecule has 0 radical (unpaired) electrons. The van der Waals surface area contributed by atoms with Gasteiger partial charge in [0.15, 0.2) is 5.82 Å². The molecule has 160 valence electrons. The van der Waals surface area contributed by atoms with Crippen LogP contribution in [0.5, 0.6) is 0 Å². The minimum atomic E-state index is -0.320. The van der Waals surface area contributed by atoms with Crippen LogP contribution in [-0.2, 0) is 19.1 Å². The fourth-order valence-electron chi connectivity index (χ4n) is 3.81. The van der Waals surface area contributed by atoms with E-state index in [1.807, 2.05) is 0 Å². The lowest BCUT2D eigenvalue weighted by Gasteiger charge is -2.25.